The minimum absolute atomic E-state index is 0. The lowest BCUT2D eigenvalue weighted by Gasteiger charge is -2.38. The Labute approximate surface area is 592 Å². The lowest BCUT2D eigenvalue weighted by Crippen LogP contribution is -2.25. The Morgan fingerprint density at radius 1 is 0.242 bits per heavy atom. The molecule has 0 nitrogen and oxygen atoms in total. The van der Waals surface area contributed by atoms with Crippen LogP contribution in [0.2, 0.25) is 0 Å². The van der Waals surface area contributed by atoms with Crippen molar-refractivity contribution in [3.8, 4) is 0 Å². The molecule has 8 saturated carbocycles. The first-order valence-corrected chi connectivity index (χ1v) is 40.2. The maximum absolute atomic E-state index is 13.9. The quantitative estimate of drug-likeness (QED) is 0.0529. The minimum Gasteiger partial charge on any atom is -0.207 e. The zero-order chi connectivity index (χ0) is 69.8. The van der Waals surface area contributed by atoms with Crippen LogP contribution in [0.1, 0.15) is 356 Å². The van der Waals surface area contributed by atoms with Crippen LogP contribution in [0.3, 0.4) is 0 Å². The third-order valence-corrected chi connectivity index (χ3v) is 27.0. The summed E-state index contributed by atoms with van der Waals surface area (Å²) in [6, 6.07) is 10.3. The van der Waals surface area contributed by atoms with E-state index in [4.69, 9.17) is 0 Å². The van der Waals surface area contributed by atoms with E-state index in [1.165, 1.54) is 223 Å². The van der Waals surface area contributed by atoms with Gasteiger partial charge in [-0.05, 0) is 326 Å². The van der Waals surface area contributed by atoms with Gasteiger partial charge in [-0.25, -0.2) is 48.3 Å². The molecule has 0 atom stereocenters. The summed E-state index contributed by atoms with van der Waals surface area (Å²) in [5, 5.41) is 0. The van der Waals surface area contributed by atoms with Gasteiger partial charge in [0.15, 0.2) is 52.4 Å². The summed E-state index contributed by atoms with van der Waals surface area (Å²) in [4.78, 5) is 0. The predicted molar refractivity (Wildman–Crippen MR) is 386 cm³/mol. The molecular weight excluding hydrogens is 1270 g/mol. The summed E-state index contributed by atoms with van der Waals surface area (Å²) >= 11 is 0. The van der Waals surface area contributed by atoms with Crippen molar-refractivity contribution in [3.63, 3.8) is 0 Å². The lowest BCUT2D eigenvalue weighted by atomic mass is 9.68. The highest BCUT2D eigenvalue weighted by Crippen LogP contribution is 2.50. The van der Waals surface area contributed by atoms with Crippen LogP contribution >= 0.6 is 0 Å². The first kappa shape index (κ1) is 80.8. The Balaban J connectivity index is 0.000000168. The molecule has 0 saturated heterocycles. The van der Waals surface area contributed by atoms with Crippen LogP contribution in [0.4, 0.5) is 48.3 Å². The van der Waals surface area contributed by atoms with Gasteiger partial charge >= 0.3 is 0 Å². The first-order valence-electron chi connectivity index (χ1n) is 40.2. The van der Waals surface area contributed by atoms with E-state index in [0.717, 1.165) is 166 Å². The van der Waals surface area contributed by atoms with Crippen molar-refractivity contribution in [1.29, 1.82) is 0 Å². The molecule has 99 heavy (non-hydrogen) atoms. The van der Waals surface area contributed by atoms with E-state index in [0.29, 0.717) is 22.6 Å². The van der Waals surface area contributed by atoms with E-state index in [1.54, 1.807) is 12.1 Å². The van der Waals surface area contributed by atoms with E-state index in [-0.39, 0.29) is 42.4 Å². The average molecular weight is 1390 g/mol. The SMILES string of the molecule is C.CCC1CCC(C2CCC(c3cc(F)c(F)c(F)c3)CC2)CC1.CCCC1CCC(C2CCC(c3cc(F)c(F)c(F)c3)CC2)CC1.CCCCC1CCC(C2CCC(c3cc(F)c(F)c(F)c3)CC2)CC1.CCCCCC1CCC(C2CCC(c3cc(F)c(C)c(F)c3)CC2)CC1. The summed E-state index contributed by atoms with van der Waals surface area (Å²) < 4.78 is 148. The van der Waals surface area contributed by atoms with Crippen LogP contribution < -0.4 is 0 Å². The number of unbranched alkanes of at least 4 members (excludes halogenated alkanes) is 3. The summed E-state index contributed by atoms with van der Waals surface area (Å²) in [5.74, 6) is 0.161. The van der Waals surface area contributed by atoms with Gasteiger partial charge in [-0.1, -0.05) is 151 Å². The highest BCUT2D eigenvalue weighted by Gasteiger charge is 2.37. The van der Waals surface area contributed by atoms with Crippen LogP contribution in [-0.2, 0) is 0 Å². The van der Waals surface area contributed by atoms with Crippen molar-refractivity contribution in [2.45, 2.75) is 335 Å². The smallest absolute Gasteiger partial charge is 0.194 e. The largest absolute Gasteiger partial charge is 0.207 e. The maximum Gasteiger partial charge on any atom is 0.194 e. The molecule has 0 bridgehead atoms. The van der Waals surface area contributed by atoms with Gasteiger partial charge in [0.1, 0.15) is 11.6 Å². The van der Waals surface area contributed by atoms with Gasteiger partial charge in [0.2, 0.25) is 0 Å². The zero-order valence-electron chi connectivity index (χ0n) is 60.7. The molecule has 0 radical (unpaired) electrons. The Morgan fingerprint density at radius 2 is 0.455 bits per heavy atom. The molecule has 4 aromatic rings. The summed E-state index contributed by atoms with van der Waals surface area (Å²) in [6.45, 7) is 10.6. The number of rotatable bonds is 18. The van der Waals surface area contributed by atoms with Crippen molar-refractivity contribution < 1.29 is 48.3 Å². The molecule has 11 heteroatoms. The van der Waals surface area contributed by atoms with Crippen molar-refractivity contribution in [1.82, 2.24) is 0 Å². The van der Waals surface area contributed by atoms with Gasteiger partial charge in [-0.2, -0.15) is 0 Å². The minimum atomic E-state index is -1.35. The first-order chi connectivity index (χ1) is 47.3. The van der Waals surface area contributed by atoms with Crippen LogP contribution in [0.5, 0.6) is 0 Å². The molecule has 0 unspecified atom stereocenters. The Bertz CT molecular complexity index is 2890. The summed E-state index contributed by atoms with van der Waals surface area (Å²) in [7, 11) is 0. The van der Waals surface area contributed by atoms with Crippen LogP contribution in [0.15, 0.2) is 48.5 Å². The fourth-order valence-corrected chi connectivity index (χ4v) is 20.5. The fraction of sp³-hybridized carbons (Fsp3) is 0.727. The zero-order valence-corrected chi connectivity index (χ0v) is 60.7. The number of hydrogen-bond acceptors (Lipinski definition) is 0. The fourth-order valence-electron chi connectivity index (χ4n) is 20.5. The third-order valence-electron chi connectivity index (χ3n) is 27.0. The van der Waals surface area contributed by atoms with Gasteiger partial charge < -0.3 is 0 Å². The number of benzene rings is 4. The molecule has 8 fully saturated rings. The molecule has 0 spiro atoms. The highest BCUT2D eigenvalue weighted by molar-refractivity contribution is 5.29. The van der Waals surface area contributed by atoms with Gasteiger partial charge in [-0.3, -0.25) is 0 Å². The van der Waals surface area contributed by atoms with Gasteiger partial charge in [0.05, 0.1) is 0 Å². The average Bonchev–Trinajstić information content (AvgIpc) is 0.843. The lowest BCUT2D eigenvalue weighted by molar-refractivity contribution is 0.155. The normalized spacial score (nSPS) is 30.5. The van der Waals surface area contributed by atoms with Gasteiger partial charge in [-0.15, -0.1) is 0 Å². The standard InChI is InChI=1S/C24H36F2.C22H31F3.C21H29F3.C20H27F3.CH4/c1-3-4-5-6-18-7-9-19(10-8-18)20-11-13-21(14-12-20)22-15-23(25)17(2)24(26)16-22;1-2-3-4-15-5-7-16(8-6-15)17-9-11-18(12-10-17)19-13-20(23)22(25)21(24)14-19;1-2-3-14-4-6-15(7-5-14)16-8-10-17(11-9-16)18-12-19(22)21(24)20(23)13-18;1-2-13-3-5-14(6-4-13)15-7-9-16(10-8-15)17-11-18(21)20(23)19(22)12-17;/h15-16,18-21H,3-14H2,1-2H3;13-18H,2-12H2,1H3;12-17H,2-11H2,1H3;11-16H,2-10H2,1H3;1H4. The molecular formula is C88H127F11. The van der Waals surface area contributed by atoms with E-state index in [1.807, 2.05) is 0 Å². The molecule has 4 aromatic carbocycles. The molecule has 0 amide bonds. The molecule has 0 N–H and O–H groups in total. The molecule has 0 aromatic heterocycles. The van der Waals surface area contributed by atoms with Crippen molar-refractivity contribution in [2.75, 3.05) is 0 Å². The van der Waals surface area contributed by atoms with E-state index >= 15 is 0 Å². The van der Waals surface area contributed by atoms with E-state index < -0.39 is 52.4 Å². The molecule has 8 aliphatic carbocycles. The van der Waals surface area contributed by atoms with Crippen molar-refractivity contribution in [3.05, 3.63) is 140 Å². The molecule has 0 aliphatic heterocycles. The highest BCUT2D eigenvalue weighted by atomic mass is 19.2. The van der Waals surface area contributed by atoms with Crippen LogP contribution in [0, 0.1) is 142 Å². The molecule has 556 valence electrons. The number of halogens is 11. The summed E-state index contributed by atoms with van der Waals surface area (Å²) in [5.41, 5.74) is 2.94. The van der Waals surface area contributed by atoms with Gasteiger partial charge in [0, 0.05) is 5.56 Å². The Kier molecular flexibility index (Phi) is 33.0. The second kappa shape index (κ2) is 40.4. The second-order valence-electron chi connectivity index (χ2n) is 32.9. The summed E-state index contributed by atoms with van der Waals surface area (Å²) in [6.07, 6.45) is 53.2. The molecule has 8 aliphatic rings. The number of hydrogen-bond donors (Lipinski definition) is 0. The van der Waals surface area contributed by atoms with Gasteiger partial charge in [0.25, 0.3) is 0 Å². The Morgan fingerprint density at radius 3 is 0.687 bits per heavy atom. The molecule has 12 rings (SSSR count). The third kappa shape index (κ3) is 23.1. The maximum atomic E-state index is 13.9. The van der Waals surface area contributed by atoms with Crippen LogP contribution in [-0.4, -0.2) is 0 Å². The Hall–Kier alpha value is -3.89. The predicted octanol–water partition coefficient (Wildman–Crippen LogP) is 29.5. The van der Waals surface area contributed by atoms with Crippen LogP contribution in [0.25, 0.3) is 0 Å². The monoisotopic (exact) mass is 1390 g/mol. The van der Waals surface area contributed by atoms with Crippen molar-refractivity contribution >= 4 is 0 Å². The van der Waals surface area contributed by atoms with Crippen molar-refractivity contribution in [2.24, 2.45) is 71.0 Å². The second-order valence-corrected chi connectivity index (χ2v) is 32.9. The van der Waals surface area contributed by atoms with E-state index in [9.17, 15) is 48.3 Å². The topological polar surface area (TPSA) is 0 Å². The van der Waals surface area contributed by atoms with E-state index in [2.05, 4.69) is 27.7 Å². The molecule has 0 heterocycles.